The topological polar surface area (TPSA) is 96.0 Å². The highest BCUT2D eigenvalue weighted by atomic mass is 32.1. The molecule has 0 bridgehead atoms. The van der Waals surface area contributed by atoms with Crippen molar-refractivity contribution in [2.75, 3.05) is 33.0 Å². The zero-order valence-corrected chi connectivity index (χ0v) is 20.1. The molecule has 0 saturated carbocycles. The van der Waals surface area contributed by atoms with Crippen molar-refractivity contribution in [2.24, 2.45) is 0 Å². The molecule has 0 saturated heterocycles. The van der Waals surface area contributed by atoms with Crippen LogP contribution in [0.4, 0.5) is 0 Å². The Morgan fingerprint density at radius 3 is 2.38 bits per heavy atom. The summed E-state index contributed by atoms with van der Waals surface area (Å²) in [6.45, 7) is 5.22. The largest absolute Gasteiger partial charge is 0.494 e. The monoisotopic (exact) mass is 484 g/mol. The number of benzene rings is 2. The molecular weight excluding hydrogens is 456 g/mol. The van der Waals surface area contributed by atoms with Gasteiger partial charge in [0.05, 0.1) is 37.4 Å². The van der Waals surface area contributed by atoms with Crippen LogP contribution in [0.15, 0.2) is 53.9 Å². The van der Waals surface area contributed by atoms with Crippen molar-refractivity contribution in [3.63, 3.8) is 0 Å². The maximum atomic E-state index is 12.1. The van der Waals surface area contributed by atoms with E-state index in [1.165, 1.54) is 11.3 Å². The predicted octanol–water partition coefficient (Wildman–Crippen LogP) is 3.89. The van der Waals surface area contributed by atoms with Crippen molar-refractivity contribution in [1.29, 1.82) is 0 Å². The van der Waals surface area contributed by atoms with E-state index in [0.29, 0.717) is 31.3 Å². The third-order valence-electron chi connectivity index (χ3n) is 4.49. The van der Waals surface area contributed by atoms with Gasteiger partial charge in [0, 0.05) is 5.38 Å². The standard InChI is InChI=1S/C25H28N2O6S/c1-3-30-19-9-11-20(12-10-19)32-14-13-26-23(28)16-33-24(29)15-18-17-34-25(27-18)21-7-5-6-8-22(21)31-4-2/h5-12,17H,3-4,13-16H2,1-2H3,(H,26,28). The van der Waals surface area contributed by atoms with E-state index < -0.39 is 11.9 Å². The molecule has 1 amide bonds. The first-order valence-corrected chi connectivity index (χ1v) is 11.9. The molecule has 2 aromatic carbocycles. The van der Waals surface area contributed by atoms with Gasteiger partial charge in [-0.2, -0.15) is 0 Å². The van der Waals surface area contributed by atoms with Crippen LogP contribution < -0.4 is 19.5 Å². The smallest absolute Gasteiger partial charge is 0.312 e. The van der Waals surface area contributed by atoms with E-state index in [9.17, 15) is 9.59 Å². The first kappa shape index (κ1) is 25.0. The zero-order valence-electron chi connectivity index (χ0n) is 19.2. The quantitative estimate of drug-likeness (QED) is 0.290. The van der Waals surface area contributed by atoms with Crippen LogP contribution in [0.25, 0.3) is 10.6 Å². The average Bonchev–Trinajstić information content (AvgIpc) is 3.30. The lowest BCUT2D eigenvalue weighted by molar-refractivity contribution is -0.147. The number of nitrogens with one attached hydrogen (secondary N) is 1. The molecule has 3 rings (SSSR count). The number of rotatable bonds is 13. The predicted molar refractivity (Wildman–Crippen MR) is 129 cm³/mol. The van der Waals surface area contributed by atoms with E-state index in [1.807, 2.05) is 50.2 Å². The number of nitrogens with zero attached hydrogens (tertiary/aromatic N) is 1. The van der Waals surface area contributed by atoms with Crippen LogP contribution in [-0.4, -0.2) is 49.8 Å². The maximum absolute atomic E-state index is 12.1. The Bertz CT molecular complexity index is 1070. The minimum absolute atomic E-state index is 0.0125. The number of para-hydroxylation sites is 1. The second kappa shape index (κ2) is 13.2. The Labute approximate surface area is 202 Å². The van der Waals surface area contributed by atoms with Crippen LogP contribution in [0.3, 0.4) is 0 Å². The molecule has 0 atom stereocenters. The lowest BCUT2D eigenvalue weighted by Gasteiger charge is -2.09. The number of thiazole rings is 1. The summed E-state index contributed by atoms with van der Waals surface area (Å²) in [5.41, 5.74) is 1.46. The Morgan fingerprint density at radius 1 is 0.941 bits per heavy atom. The molecule has 1 N–H and O–H groups in total. The van der Waals surface area contributed by atoms with Gasteiger partial charge in [0.2, 0.25) is 0 Å². The van der Waals surface area contributed by atoms with E-state index in [1.54, 1.807) is 17.5 Å². The highest BCUT2D eigenvalue weighted by Gasteiger charge is 2.14. The number of amides is 1. The molecule has 34 heavy (non-hydrogen) atoms. The van der Waals surface area contributed by atoms with Crippen molar-refractivity contribution in [3.05, 3.63) is 59.6 Å². The van der Waals surface area contributed by atoms with E-state index in [4.69, 9.17) is 18.9 Å². The maximum Gasteiger partial charge on any atom is 0.312 e. The molecule has 0 radical (unpaired) electrons. The van der Waals surface area contributed by atoms with E-state index in [-0.39, 0.29) is 19.6 Å². The van der Waals surface area contributed by atoms with Crippen molar-refractivity contribution in [2.45, 2.75) is 20.3 Å². The number of hydrogen-bond acceptors (Lipinski definition) is 8. The third-order valence-corrected chi connectivity index (χ3v) is 5.41. The van der Waals surface area contributed by atoms with Gasteiger partial charge in [0.15, 0.2) is 6.61 Å². The van der Waals surface area contributed by atoms with Crippen molar-refractivity contribution < 1.29 is 28.5 Å². The first-order chi connectivity index (χ1) is 16.6. The van der Waals surface area contributed by atoms with Gasteiger partial charge in [0.25, 0.3) is 5.91 Å². The third kappa shape index (κ3) is 7.77. The van der Waals surface area contributed by atoms with Crippen molar-refractivity contribution in [1.82, 2.24) is 10.3 Å². The van der Waals surface area contributed by atoms with Crippen LogP contribution in [0.1, 0.15) is 19.5 Å². The van der Waals surface area contributed by atoms with Crippen LogP contribution in [0, 0.1) is 0 Å². The van der Waals surface area contributed by atoms with Crippen molar-refractivity contribution >= 4 is 23.2 Å². The minimum atomic E-state index is -0.518. The van der Waals surface area contributed by atoms with Gasteiger partial charge in [-0.05, 0) is 50.2 Å². The number of carbonyl (C=O) groups excluding carboxylic acids is 2. The fourth-order valence-corrected chi connectivity index (χ4v) is 3.84. The normalized spacial score (nSPS) is 10.4. The molecule has 3 aromatic rings. The second-order valence-electron chi connectivity index (χ2n) is 7.01. The van der Waals surface area contributed by atoms with Gasteiger partial charge in [-0.1, -0.05) is 12.1 Å². The summed E-state index contributed by atoms with van der Waals surface area (Å²) in [6.07, 6.45) is -0.0125. The summed E-state index contributed by atoms with van der Waals surface area (Å²) >= 11 is 1.42. The van der Waals surface area contributed by atoms with Gasteiger partial charge in [0.1, 0.15) is 28.9 Å². The first-order valence-electron chi connectivity index (χ1n) is 11.0. The fourth-order valence-electron chi connectivity index (χ4n) is 2.99. The molecule has 0 fully saturated rings. The van der Waals surface area contributed by atoms with E-state index >= 15 is 0 Å². The number of hydrogen-bond donors (Lipinski definition) is 1. The summed E-state index contributed by atoms with van der Waals surface area (Å²) in [4.78, 5) is 28.6. The second-order valence-corrected chi connectivity index (χ2v) is 7.87. The van der Waals surface area contributed by atoms with Crippen LogP contribution in [0.2, 0.25) is 0 Å². The Kier molecular flexibility index (Phi) is 9.72. The van der Waals surface area contributed by atoms with Gasteiger partial charge >= 0.3 is 5.97 Å². The molecule has 0 aliphatic carbocycles. The lowest BCUT2D eigenvalue weighted by Crippen LogP contribution is -2.32. The molecule has 0 spiro atoms. The van der Waals surface area contributed by atoms with Crippen LogP contribution in [0.5, 0.6) is 17.2 Å². The molecule has 1 aromatic heterocycles. The zero-order chi connectivity index (χ0) is 24.2. The average molecular weight is 485 g/mol. The van der Waals surface area contributed by atoms with Crippen LogP contribution in [-0.2, 0) is 20.7 Å². The Morgan fingerprint density at radius 2 is 1.65 bits per heavy atom. The van der Waals surface area contributed by atoms with Gasteiger partial charge in [-0.3, -0.25) is 9.59 Å². The summed E-state index contributed by atoms with van der Waals surface area (Å²) in [5.74, 6) is 1.28. The molecule has 0 aliphatic rings. The van der Waals surface area contributed by atoms with Gasteiger partial charge in [-0.25, -0.2) is 4.98 Å². The lowest BCUT2D eigenvalue weighted by atomic mass is 10.2. The SMILES string of the molecule is CCOc1ccc(OCCNC(=O)COC(=O)Cc2csc(-c3ccccc3OCC)n2)cc1. The Balaban J connectivity index is 1.36. The number of carbonyl (C=O) groups is 2. The van der Waals surface area contributed by atoms with Crippen LogP contribution >= 0.6 is 11.3 Å². The summed E-state index contributed by atoms with van der Waals surface area (Å²) in [7, 11) is 0. The molecule has 9 heteroatoms. The molecular formula is C25H28N2O6S. The highest BCUT2D eigenvalue weighted by Crippen LogP contribution is 2.32. The summed E-state index contributed by atoms with van der Waals surface area (Å²) < 4.78 is 21.6. The molecule has 180 valence electrons. The summed E-state index contributed by atoms with van der Waals surface area (Å²) in [5, 5.41) is 5.22. The number of esters is 1. The molecule has 8 nitrogen and oxygen atoms in total. The molecule has 0 unspecified atom stereocenters. The molecule has 0 aliphatic heterocycles. The van der Waals surface area contributed by atoms with Gasteiger partial charge < -0.3 is 24.3 Å². The van der Waals surface area contributed by atoms with E-state index in [0.717, 1.165) is 22.1 Å². The van der Waals surface area contributed by atoms with E-state index in [2.05, 4.69) is 10.3 Å². The Hall–Kier alpha value is -3.59. The van der Waals surface area contributed by atoms with Gasteiger partial charge in [-0.15, -0.1) is 11.3 Å². The number of ether oxygens (including phenoxy) is 4. The number of aromatic nitrogens is 1. The highest BCUT2D eigenvalue weighted by molar-refractivity contribution is 7.13. The summed E-state index contributed by atoms with van der Waals surface area (Å²) in [6, 6.07) is 14.9. The molecule has 1 heterocycles. The minimum Gasteiger partial charge on any atom is -0.494 e. The van der Waals surface area contributed by atoms with Crippen molar-refractivity contribution in [3.8, 4) is 27.8 Å². The fraction of sp³-hybridized carbons (Fsp3) is 0.320.